The number of carbonyl (C=O) groups is 1. The van der Waals surface area contributed by atoms with Crippen LogP contribution in [0.4, 0.5) is 0 Å². The number of nitrogens with zero attached hydrogens (tertiary/aromatic N) is 2. The highest BCUT2D eigenvalue weighted by atomic mass is 16.5. The van der Waals surface area contributed by atoms with Crippen molar-refractivity contribution in [3.8, 4) is 11.5 Å². The van der Waals surface area contributed by atoms with Crippen LogP contribution >= 0.6 is 0 Å². The van der Waals surface area contributed by atoms with E-state index in [9.17, 15) is 10.0 Å². The van der Waals surface area contributed by atoms with Crippen LogP contribution in [0, 0.1) is 0 Å². The average molecular weight is 266 g/mol. The Kier molecular flexibility index (Phi) is 3.57. The van der Waals surface area contributed by atoms with E-state index in [0.717, 1.165) is 0 Å². The van der Waals surface area contributed by atoms with E-state index >= 15 is 0 Å². The second-order valence-electron chi connectivity index (χ2n) is 4.03. The molecule has 2 N–H and O–H groups in total. The first-order valence-corrected chi connectivity index (χ1v) is 5.57. The molecule has 1 aliphatic heterocycles. The number of rotatable bonds is 3. The SMILES string of the molecule is COc1ccc(C2C/C(=N/O)C(=O)N2O)cc1OC. The predicted octanol–water partition coefficient (Wildman–Crippen LogP) is 1.20. The Bertz CT molecular complexity index is 529. The summed E-state index contributed by atoms with van der Waals surface area (Å²) in [7, 11) is 3.02. The maximum Gasteiger partial charge on any atom is 0.295 e. The average Bonchev–Trinajstić information content (AvgIpc) is 2.74. The summed E-state index contributed by atoms with van der Waals surface area (Å²) in [6.07, 6.45) is 0.126. The maximum atomic E-state index is 11.5. The minimum Gasteiger partial charge on any atom is -0.493 e. The third-order valence-electron chi connectivity index (χ3n) is 3.05. The zero-order valence-corrected chi connectivity index (χ0v) is 10.5. The van der Waals surface area contributed by atoms with E-state index in [0.29, 0.717) is 22.1 Å². The summed E-state index contributed by atoms with van der Waals surface area (Å²) >= 11 is 0. The summed E-state index contributed by atoms with van der Waals surface area (Å²) in [5, 5.41) is 21.8. The second kappa shape index (κ2) is 5.15. The van der Waals surface area contributed by atoms with E-state index in [-0.39, 0.29) is 12.1 Å². The lowest BCUT2D eigenvalue weighted by Gasteiger charge is -2.18. The molecule has 1 aliphatic rings. The van der Waals surface area contributed by atoms with Crippen LogP contribution in [-0.2, 0) is 4.79 Å². The van der Waals surface area contributed by atoms with Crippen molar-refractivity contribution in [1.29, 1.82) is 0 Å². The molecular weight excluding hydrogens is 252 g/mol. The normalized spacial score (nSPS) is 21.0. The summed E-state index contributed by atoms with van der Waals surface area (Å²) in [6.45, 7) is 0. The standard InChI is InChI=1S/C12H14N2O5/c1-18-10-4-3-7(5-11(10)19-2)9-6-8(13-16)12(15)14(9)17/h3-5,9,16-17H,6H2,1-2H3/b13-8-. The third-order valence-corrected chi connectivity index (χ3v) is 3.05. The maximum absolute atomic E-state index is 11.5. The highest BCUT2D eigenvalue weighted by Gasteiger charge is 2.37. The predicted molar refractivity (Wildman–Crippen MR) is 64.8 cm³/mol. The van der Waals surface area contributed by atoms with Gasteiger partial charge in [-0.05, 0) is 17.7 Å². The van der Waals surface area contributed by atoms with Gasteiger partial charge in [-0.2, -0.15) is 0 Å². The van der Waals surface area contributed by atoms with Gasteiger partial charge in [0, 0.05) is 6.42 Å². The number of benzene rings is 1. The van der Waals surface area contributed by atoms with Crippen molar-refractivity contribution in [2.75, 3.05) is 14.2 Å². The summed E-state index contributed by atoms with van der Waals surface area (Å²) in [4.78, 5) is 11.5. The van der Waals surface area contributed by atoms with Crippen molar-refractivity contribution in [3.63, 3.8) is 0 Å². The lowest BCUT2D eigenvalue weighted by molar-refractivity contribution is -0.162. The van der Waals surface area contributed by atoms with Crippen LogP contribution in [-0.4, -0.2) is 41.3 Å². The van der Waals surface area contributed by atoms with Crippen LogP contribution in [0.5, 0.6) is 11.5 Å². The van der Waals surface area contributed by atoms with E-state index in [1.54, 1.807) is 18.2 Å². The first kappa shape index (κ1) is 13.2. The number of hydrogen-bond donors (Lipinski definition) is 2. The zero-order chi connectivity index (χ0) is 14.0. The molecule has 1 aromatic carbocycles. The van der Waals surface area contributed by atoms with Crippen LogP contribution in [0.15, 0.2) is 23.4 Å². The number of ether oxygens (including phenoxy) is 2. The fourth-order valence-electron chi connectivity index (χ4n) is 2.03. The fourth-order valence-corrected chi connectivity index (χ4v) is 2.03. The van der Waals surface area contributed by atoms with E-state index in [2.05, 4.69) is 5.16 Å². The Morgan fingerprint density at radius 1 is 1.32 bits per heavy atom. The highest BCUT2D eigenvalue weighted by molar-refractivity contribution is 6.40. The minimum absolute atomic E-state index is 0.0812. The molecule has 1 heterocycles. The number of carbonyl (C=O) groups excluding carboxylic acids is 1. The van der Waals surface area contributed by atoms with Crippen LogP contribution < -0.4 is 9.47 Å². The summed E-state index contributed by atoms with van der Waals surface area (Å²) in [6, 6.07) is 4.46. The molecule has 0 bridgehead atoms. The number of hydrogen-bond acceptors (Lipinski definition) is 6. The smallest absolute Gasteiger partial charge is 0.295 e. The molecule has 1 unspecified atom stereocenters. The van der Waals surface area contributed by atoms with Gasteiger partial charge in [0.2, 0.25) is 0 Å². The topological polar surface area (TPSA) is 91.6 Å². The Labute approximate surface area is 109 Å². The van der Waals surface area contributed by atoms with Crippen LogP contribution in [0.1, 0.15) is 18.0 Å². The molecule has 1 fully saturated rings. The van der Waals surface area contributed by atoms with Gasteiger partial charge >= 0.3 is 0 Å². The molecule has 7 nitrogen and oxygen atoms in total. The van der Waals surface area contributed by atoms with Gasteiger partial charge < -0.3 is 14.7 Å². The monoisotopic (exact) mass is 266 g/mol. The molecule has 102 valence electrons. The Hall–Kier alpha value is -2.28. The van der Waals surface area contributed by atoms with Crippen molar-refractivity contribution in [2.24, 2.45) is 5.16 Å². The van der Waals surface area contributed by atoms with Crippen molar-refractivity contribution < 1.29 is 24.7 Å². The van der Waals surface area contributed by atoms with Gasteiger partial charge in [-0.25, -0.2) is 5.06 Å². The van der Waals surface area contributed by atoms with Gasteiger partial charge in [0.1, 0.15) is 5.71 Å². The molecule has 1 aromatic rings. The van der Waals surface area contributed by atoms with E-state index in [4.69, 9.17) is 14.7 Å². The highest BCUT2D eigenvalue weighted by Crippen LogP contribution is 2.35. The van der Waals surface area contributed by atoms with Crippen LogP contribution in [0.2, 0.25) is 0 Å². The van der Waals surface area contributed by atoms with Gasteiger partial charge in [-0.1, -0.05) is 11.2 Å². The van der Waals surface area contributed by atoms with Gasteiger partial charge in [0.25, 0.3) is 5.91 Å². The second-order valence-corrected chi connectivity index (χ2v) is 4.03. The molecule has 19 heavy (non-hydrogen) atoms. The molecule has 0 aromatic heterocycles. The van der Waals surface area contributed by atoms with Gasteiger partial charge in [0.15, 0.2) is 11.5 Å². The summed E-state index contributed by atoms with van der Waals surface area (Å²) in [5.74, 6) is 0.341. The molecule has 0 aliphatic carbocycles. The van der Waals surface area contributed by atoms with Gasteiger partial charge in [0.05, 0.1) is 20.3 Å². The van der Waals surface area contributed by atoms with E-state index in [1.807, 2.05) is 0 Å². The molecule has 7 heteroatoms. The van der Waals surface area contributed by atoms with Crippen molar-refractivity contribution in [1.82, 2.24) is 5.06 Å². The first-order chi connectivity index (χ1) is 9.12. The van der Waals surface area contributed by atoms with E-state index < -0.39 is 11.9 Å². The molecule has 0 radical (unpaired) electrons. The number of methoxy groups -OCH3 is 2. The van der Waals surface area contributed by atoms with Crippen molar-refractivity contribution >= 4 is 11.6 Å². The first-order valence-electron chi connectivity index (χ1n) is 5.57. The molecule has 1 amide bonds. The molecule has 1 saturated heterocycles. The minimum atomic E-state index is -0.706. The quantitative estimate of drug-likeness (QED) is 0.487. The van der Waals surface area contributed by atoms with Gasteiger partial charge in [-0.15, -0.1) is 0 Å². The fraction of sp³-hybridized carbons (Fsp3) is 0.333. The number of hydroxylamine groups is 2. The zero-order valence-electron chi connectivity index (χ0n) is 10.5. The molecular formula is C12H14N2O5. The Balaban J connectivity index is 2.35. The summed E-state index contributed by atoms with van der Waals surface area (Å²) < 4.78 is 10.3. The molecule has 0 saturated carbocycles. The van der Waals surface area contributed by atoms with Crippen LogP contribution in [0.3, 0.4) is 0 Å². The van der Waals surface area contributed by atoms with E-state index in [1.165, 1.54) is 14.2 Å². The Morgan fingerprint density at radius 2 is 2.00 bits per heavy atom. The number of oxime groups is 1. The van der Waals surface area contributed by atoms with Crippen molar-refractivity contribution in [2.45, 2.75) is 12.5 Å². The molecule has 2 rings (SSSR count). The Morgan fingerprint density at radius 3 is 2.53 bits per heavy atom. The molecule has 0 spiro atoms. The lowest BCUT2D eigenvalue weighted by atomic mass is 10.0. The molecule has 1 atom stereocenters. The lowest BCUT2D eigenvalue weighted by Crippen LogP contribution is -2.25. The summed E-state index contributed by atoms with van der Waals surface area (Å²) in [5.41, 5.74) is 0.578. The largest absolute Gasteiger partial charge is 0.493 e. The number of amides is 1. The van der Waals surface area contributed by atoms with Crippen molar-refractivity contribution in [3.05, 3.63) is 23.8 Å². The third kappa shape index (κ3) is 2.19. The van der Waals surface area contributed by atoms with Crippen LogP contribution in [0.25, 0.3) is 0 Å². The van der Waals surface area contributed by atoms with Gasteiger partial charge in [-0.3, -0.25) is 10.0 Å².